The second kappa shape index (κ2) is 4.81. The first-order valence-electron chi connectivity index (χ1n) is 4.79. The molecule has 1 unspecified atom stereocenters. The van der Waals surface area contributed by atoms with Gasteiger partial charge >= 0.3 is 0 Å². The van der Waals surface area contributed by atoms with Crippen molar-refractivity contribution in [3.63, 3.8) is 0 Å². The van der Waals surface area contributed by atoms with Crippen LogP contribution >= 0.6 is 22.6 Å². The summed E-state index contributed by atoms with van der Waals surface area (Å²) in [6.45, 7) is 0. The minimum atomic E-state index is -0.0555. The summed E-state index contributed by atoms with van der Waals surface area (Å²) in [6.07, 6.45) is 2.47. The molecule has 0 saturated carbocycles. The highest BCUT2D eigenvalue weighted by atomic mass is 127. The Labute approximate surface area is 103 Å². The highest BCUT2D eigenvalue weighted by Crippen LogP contribution is 2.17. The minimum absolute atomic E-state index is 0.0555. The predicted octanol–water partition coefficient (Wildman–Crippen LogP) is 3.13. The van der Waals surface area contributed by atoms with Gasteiger partial charge in [-0.1, -0.05) is 12.1 Å². The van der Waals surface area contributed by atoms with Crippen LogP contribution in [0.2, 0.25) is 0 Å². The lowest BCUT2D eigenvalue weighted by Crippen LogP contribution is -2.12. The van der Waals surface area contributed by atoms with Gasteiger partial charge in [0.05, 0.1) is 12.3 Å². The first-order valence-corrected chi connectivity index (χ1v) is 5.87. The fourth-order valence-electron chi connectivity index (χ4n) is 1.48. The van der Waals surface area contributed by atoms with Crippen molar-refractivity contribution in [1.29, 1.82) is 0 Å². The molecule has 0 radical (unpaired) electrons. The third kappa shape index (κ3) is 2.82. The maximum atomic E-state index is 6.01. The highest BCUT2D eigenvalue weighted by Gasteiger charge is 2.09. The largest absolute Gasteiger partial charge is 0.468 e. The van der Waals surface area contributed by atoms with E-state index in [4.69, 9.17) is 10.2 Å². The summed E-state index contributed by atoms with van der Waals surface area (Å²) < 4.78 is 6.50. The molecule has 0 bridgehead atoms. The molecule has 3 heteroatoms. The van der Waals surface area contributed by atoms with Gasteiger partial charge in [-0.15, -0.1) is 0 Å². The van der Waals surface area contributed by atoms with Gasteiger partial charge in [-0.25, -0.2) is 0 Å². The van der Waals surface area contributed by atoms with Gasteiger partial charge in [0.25, 0.3) is 0 Å². The van der Waals surface area contributed by atoms with Gasteiger partial charge in [0.15, 0.2) is 0 Å². The summed E-state index contributed by atoms with van der Waals surface area (Å²) in [5.74, 6) is 0.841. The molecule has 0 amide bonds. The van der Waals surface area contributed by atoms with Gasteiger partial charge in [-0.05, 0) is 58.8 Å². The number of nitrogens with two attached hydrogens (primary N) is 1. The number of hydrogen-bond donors (Lipinski definition) is 1. The van der Waals surface area contributed by atoms with E-state index < -0.39 is 0 Å². The first kappa shape index (κ1) is 10.7. The summed E-state index contributed by atoms with van der Waals surface area (Å²) in [4.78, 5) is 0. The van der Waals surface area contributed by atoms with Crippen LogP contribution < -0.4 is 5.73 Å². The van der Waals surface area contributed by atoms with E-state index in [0.717, 1.165) is 12.2 Å². The predicted molar refractivity (Wildman–Crippen MR) is 68.5 cm³/mol. The van der Waals surface area contributed by atoms with Crippen molar-refractivity contribution >= 4 is 22.6 Å². The second-order valence-corrected chi connectivity index (χ2v) is 4.70. The van der Waals surface area contributed by atoms with Crippen LogP contribution in [0.25, 0.3) is 0 Å². The van der Waals surface area contributed by atoms with Gasteiger partial charge < -0.3 is 10.2 Å². The average Bonchev–Trinajstić information content (AvgIpc) is 2.74. The third-order valence-electron chi connectivity index (χ3n) is 2.28. The quantitative estimate of drug-likeness (QED) is 0.884. The smallest absolute Gasteiger partial charge is 0.120 e. The monoisotopic (exact) mass is 313 g/mol. The molecule has 2 rings (SSSR count). The normalized spacial score (nSPS) is 12.7. The molecular formula is C12H12INO. The van der Waals surface area contributed by atoms with Crippen molar-refractivity contribution in [2.45, 2.75) is 12.5 Å². The van der Waals surface area contributed by atoms with Crippen LogP contribution in [-0.4, -0.2) is 0 Å². The topological polar surface area (TPSA) is 39.2 Å². The van der Waals surface area contributed by atoms with E-state index in [1.807, 2.05) is 12.1 Å². The number of benzene rings is 1. The molecule has 1 aromatic carbocycles. The molecule has 0 aliphatic carbocycles. The Hall–Kier alpha value is -0.810. The molecule has 78 valence electrons. The van der Waals surface area contributed by atoms with E-state index in [1.54, 1.807) is 6.26 Å². The molecule has 0 saturated heterocycles. The molecule has 2 nitrogen and oxygen atoms in total. The summed E-state index contributed by atoms with van der Waals surface area (Å²) in [7, 11) is 0. The van der Waals surface area contributed by atoms with Crippen molar-refractivity contribution < 1.29 is 4.42 Å². The van der Waals surface area contributed by atoms with Gasteiger partial charge in [-0.2, -0.15) is 0 Å². The molecule has 2 aromatic rings. The Bertz CT molecular complexity index is 408. The Morgan fingerprint density at radius 2 is 1.93 bits per heavy atom. The summed E-state index contributed by atoms with van der Waals surface area (Å²) in [6, 6.07) is 12.1. The van der Waals surface area contributed by atoms with Crippen molar-refractivity contribution in [3.05, 3.63) is 57.6 Å². The zero-order chi connectivity index (χ0) is 10.7. The summed E-state index contributed by atoms with van der Waals surface area (Å²) in [5.41, 5.74) is 7.25. The first-order chi connectivity index (χ1) is 7.25. The van der Waals surface area contributed by atoms with Crippen LogP contribution in [0.1, 0.15) is 17.4 Å². The molecule has 15 heavy (non-hydrogen) atoms. The standard InChI is InChI=1S/C12H12INO/c13-10-5-3-9(4-6-10)8-11(14)12-2-1-7-15-12/h1-7,11H,8,14H2. The van der Waals surface area contributed by atoms with Gasteiger partial charge in [0, 0.05) is 3.57 Å². The highest BCUT2D eigenvalue weighted by molar-refractivity contribution is 14.1. The third-order valence-corrected chi connectivity index (χ3v) is 3.00. The molecule has 0 fully saturated rings. The van der Waals surface area contributed by atoms with Gasteiger partial charge in [-0.3, -0.25) is 0 Å². The molecule has 1 atom stereocenters. The number of rotatable bonds is 3. The van der Waals surface area contributed by atoms with E-state index in [9.17, 15) is 0 Å². The van der Waals surface area contributed by atoms with Crippen LogP contribution in [0.5, 0.6) is 0 Å². The van der Waals surface area contributed by atoms with Crippen LogP contribution in [0.4, 0.5) is 0 Å². The summed E-state index contributed by atoms with van der Waals surface area (Å²) >= 11 is 2.29. The number of halogens is 1. The van der Waals surface area contributed by atoms with E-state index in [1.165, 1.54) is 9.13 Å². The van der Waals surface area contributed by atoms with Crippen molar-refractivity contribution in [1.82, 2.24) is 0 Å². The van der Waals surface area contributed by atoms with E-state index >= 15 is 0 Å². The van der Waals surface area contributed by atoms with E-state index in [2.05, 4.69) is 46.9 Å². The van der Waals surface area contributed by atoms with Gasteiger partial charge in [0.2, 0.25) is 0 Å². The number of furan rings is 1. The average molecular weight is 313 g/mol. The second-order valence-electron chi connectivity index (χ2n) is 3.45. The lowest BCUT2D eigenvalue weighted by Gasteiger charge is -2.08. The van der Waals surface area contributed by atoms with Crippen molar-refractivity contribution in [2.75, 3.05) is 0 Å². The van der Waals surface area contributed by atoms with Crippen molar-refractivity contribution in [2.24, 2.45) is 5.73 Å². The fraction of sp³-hybridized carbons (Fsp3) is 0.167. The van der Waals surface area contributed by atoms with Crippen LogP contribution in [-0.2, 0) is 6.42 Å². The maximum absolute atomic E-state index is 6.01. The molecule has 0 aliphatic heterocycles. The zero-order valence-electron chi connectivity index (χ0n) is 8.19. The van der Waals surface area contributed by atoms with Gasteiger partial charge in [0.1, 0.15) is 5.76 Å². The fourth-order valence-corrected chi connectivity index (χ4v) is 1.84. The van der Waals surface area contributed by atoms with Crippen LogP contribution in [0.15, 0.2) is 47.1 Å². The minimum Gasteiger partial charge on any atom is -0.468 e. The van der Waals surface area contributed by atoms with E-state index in [-0.39, 0.29) is 6.04 Å². The van der Waals surface area contributed by atoms with E-state index in [0.29, 0.717) is 0 Å². The molecule has 0 spiro atoms. The van der Waals surface area contributed by atoms with Crippen LogP contribution in [0, 0.1) is 3.57 Å². The number of hydrogen-bond acceptors (Lipinski definition) is 2. The van der Waals surface area contributed by atoms with Crippen molar-refractivity contribution in [3.8, 4) is 0 Å². The maximum Gasteiger partial charge on any atom is 0.120 e. The zero-order valence-corrected chi connectivity index (χ0v) is 10.3. The lowest BCUT2D eigenvalue weighted by atomic mass is 10.1. The Kier molecular flexibility index (Phi) is 3.43. The molecule has 2 N–H and O–H groups in total. The Morgan fingerprint density at radius 1 is 1.20 bits per heavy atom. The summed E-state index contributed by atoms with van der Waals surface area (Å²) in [5, 5.41) is 0. The Morgan fingerprint density at radius 3 is 2.53 bits per heavy atom. The SMILES string of the molecule is NC(Cc1ccc(I)cc1)c1ccco1. The molecular weight excluding hydrogens is 301 g/mol. The molecule has 1 heterocycles. The lowest BCUT2D eigenvalue weighted by molar-refractivity contribution is 0.464. The Balaban J connectivity index is 2.06. The molecule has 0 aliphatic rings. The molecule has 1 aromatic heterocycles. The van der Waals surface area contributed by atoms with Crippen LogP contribution in [0.3, 0.4) is 0 Å².